The van der Waals surface area contributed by atoms with Gasteiger partial charge in [0.25, 0.3) is 5.91 Å². The van der Waals surface area contributed by atoms with Crippen LogP contribution in [0.1, 0.15) is 22.5 Å². The molecule has 5 rings (SSSR count). The predicted octanol–water partition coefficient (Wildman–Crippen LogP) is 5.23. The van der Waals surface area contributed by atoms with Crippen LogP contribution in [0, 0.1) is 5.41 Å². The molecule has 2 aromatic carbocycles. The van der Waals surface area contributed by atoms with Crippen molar-refractivity contribution in [1.82, 2.24) is 4.90 Å². The quantitative estimate of drug-likeness (QED) is 0.378. The Kier molecular flexibility index (Phi) is 7.69. The topological polar surface area (TPSA) is 83.8 Å². The molecule has 2 aliphatic heterocycles. The molecular weight excluding hydrogens is 502 g/mol. The zero-order valence-corrected chi connectivity index (χ0v) is 22.6. The number of carbonyl (C=O) groups excluding carboxylic acids is 1. The molecule has 2 fully saturated rings. The molecule has 0 aliphatic carbocycles. The number of hydrogen-bond donors (Lipinski definition) is 1. The van der Waals surface area contributed by atoms with E-state index in [0.29, 0.717) is 39.8 Å². The summed E-state index contributed by atoms with van der Waals surface area (Å²) < 4.78 is 17.1. The first-order valence-corrected chi connectivity index (χ1v) is 13.5. The molecule has 1 aromatic heterocycles. The normalized spacial score (nSPS) is 16.6. The predicted molar refractivity (Wildman–Crippen MR) is 151 cm³/mol. The smallest absolute Gasteiger partial charge is 0.270 e. The first-order chi connectivity index (χ1) is 18.4. The summed E-state index contributed by atoms with van der Waals surface area (Å²) in [6.07, 6.45) is 2.38. The number of anilines is 1. The molecule has 9 heteroatoms. The first-order valence-electron chi connectivity index (χ1n) is 12.7. The number of nitrogens with zero attached hydrogens (tertiary/aromatic N) is 3. The van der Waals surface area contributed by atoms with E-state index in [1.165, 1.54) is 24.2 Å². The Labute approximate surface area is 227 Å². The fourth-order valence-electron chi connectivity index (χ4n) is 4.89. The van der Waals surface area contributed by atoms with Crippen molar-refractivity contribution in [3.05, 3.63) is 53.4 Å². The van der Waals surface area contributed by atoms with Gasteiger partial charge >= 0.3 is 0 Å². The third-order valence-electron chi connectivity index (χ3n) is 7.47. The molecule has 0 atom stereocenters. The van der Waals surface area contributed by atoms with E-state index < -0.39 is 0 Å². The van der Waals surface area contributed by atoms with Gasteiger partial charge in [0.1, 0.15) is 17.2 Å². The number of methoxy groups -OCH3 is 1. The van der Waals surface area contributed by atoms with Crippen LogP contribution in [0.4, 0.5) is 11.4 Å². The van der Waals surface area contributed by atoms with Crippen LogP contribution < -0.4 is 14.4 Å². The van der Waals surface area contributed by atoms with Crippen LogP contribution in [0.2, 0.25) is 0 Å². The van der Waals surface area contributed by atoms with Crippen LogP contribution in [0.5, 0.6) is 17.2 Å². The first kappa shape index (κ1) is 26.2. The molecule has 200 valence electrons. The van der Waals surface area contributed by atoms with E-state index >= 15 is 0 Å². The van der Waals surface area contributed by atoms with Gasteiger partial charge in [0.05, 0.1) is 26.0 Å². The summed E-state index contributed by atoms with van der Waals surface area (Å²) in [6, 6.07) is 14.2. The van der Waals surface area contributed by atoms with Gasteiger partial charge in [0.15, 0.2) is 11.5 Å². The molecule has 8 nitrogen and oxygen atoms in total. The lowest BCUT2D eigenvalue weighted by molar-refractivity contribution is -0.139. The maximum absolute atomic E-state index is 13.5. The van der Waals surface area contributed by atoms with Gasteiger partial charge in [-0.15, -0.1) is 11.3 Å². The van der Waals surface area contributed by atoms with Crippen LogP contribution in [-0.2, 0) is 4.74 Å². The summed E-state index contributed by atoms with van der Waals surface area (Å²) in [5.41, 5.74) is 2.52. The number of aliphatic imine (C=N–C) groups is 1. The molecule has 0 bridgehead atoms. The molecule has 0 radical (unpaired) electrons. The lowest BCUT2D eigenvalue weighted by Crippen LogP contribution is -2.51. The van der Waals surface area contributed by atoms with Crippen LogP contribution in [0.15, 0.2) is 53.5 Å². The summed E-state index contributed by atoms with van der Waals surface area (Å²) in [6.45, 7) is 9.05. The standard InChI is InChI=1S/C29H33N3O5S/c1-30-23-17-26(20-4-7-22(33)8-5-20)38-27(23)28(34)31(2)21-6-9-24(25(16-21)35-3)37-15-14-32-12-10-29(11-13-32)18-36-19-29/h4-9,16-17,33H,1,10-15,18-19H2,2-3H3. The van der Waals surface area contributed by atoms with Gasteiger partial charge in [-0.25, -0.2) is 0 Å². The number of carbonyl (C=O) groups is 1. The van der Waals surface area contributed by atoms with Crippen molar-refractivity contribution in [1.29, 1.82) is 0 Å². The van der Waals surface area contributed by atoms with Crippen LogP contribution in [0.3, 0.4) is 0 Å². The van der Waals surface area contributed by atoms with E-state index in [1.54, 1.807) is 43.3 Å². The van der Waals surface area contributed by atoms with E-state index in [4.69, 9.17) is 14.2 Å². The molecule has 0 unspecified atom stereocenters. The number of likely N-dealkylation sites (tertiary alicyclic amines) is 1. The van der Waals surface area contributed by atoms with Gasteiger partial charge in [0.2, 0.25) is 0 Å². The Morgan fingerprint density at radius 3 is 2.53 bits per heavy atom. The van der Waals surface area contributed by atoms with Crippen LogP contribution >= 0.6 is 11.3 Å². The minimum absolute atomic E-state index is 0.189. The number of phenols is 1. The number of thiophene rings is 1. The van der Waals surface area contributed by atoms with E-state index in [-0.39, 0.29) is 11.7 Å². The van der Waals surface area contributed by atoms with Crippen molar-refractivity contribution in [2.24, 2.45) is 10.4 Å². The minimum Gasteiger partial charge on any atom is -0.508 e. The highest BCUT2D eigenvalue weighted by atomic mass is 32.1. The molecule has 1 N–H and O–H groups in total. The van der Waals surface area contributed by atoms with Crippen molar-refractivity contribution in [2.75, 3.05) is 58.5 Å². The van der Waals surface area contributed by atoms with Crippen LogP contribution in [-0.4, -0.2) is 76.2 Å². The summed E-state index contributed by atoms with van der Waals surface area (Å²) in [5, 5.41) is 9.58. The molecule has 3 aromatic rings. The number of rotatable bonds is 9. The molecule has 2 saturated heterocycles. The largest absolute Gasteiger partial charge is 0.508 e. The summed E-state index contributed by atoms with van der Waals surface area (Å²) >= 11 is 1.34. The van der Waals surface area contributed by atoms with Gasteiger partial charge in [-0.1, -0.05) is 0 Å². The summed E-state index contributed by atoms with van der Waals surface area (Å²) in [5.74, 6) is 1.22. The lowest BCUT2D eigenvalue weighted by Gasteiger charge is -2.47. The van der Waals surface area contributed by atoms with Crippen molar-refractivity contribution in [2.45, 2.75) is 12.8 Å². The van der Waals surface area contributed by atoms with Crippen molar-refractivity contribution < 1.29 is 24.1 Å². The second-order valence-electron chi connectivity index (χ2n) is 9.91. The number of amides is 1. The third-order valence-corrected chi connectivity index (χ3v) is 8.63. The Morgan fingerprint density at radius 2 is 1.89 bits per heavy atom. The molecule has 38 heavy (non-hydrogen) atoms. The fraction of sp³-hybridized carbons (Fsp3) is 0.379. The fourth-order valence-corrected chi connectivity index (χ4v) is 5.99. The van der Waals surface area contributed by atoms with E-state index in [0.717, 1.165) is 43.3 Å². The van der Waals surface area contributed by atoms with Crippen molar-refractivity contribution >= 4 is 35.3 Å². The number of aromatic hydroxyl groups is 1. The molecule has 2 aliphatic rings. The van der Waals surface area contributed by atoms with E-state index in [9.17, 15) is 9.90 Å². The zero-order valence-electron chi connectivity index (χ0n) is 21.8. The Balaban J connectivity index is 1.23. The van der Waals surface area contributed by atoms with Gasteiger partial charge in [-0.3, -0.25) is 14.7 Å². The monoisotopic (exact) mass is 535 g/mol. The highest BCUT2D eigenvalue weighted by molar-refractivity contribution is 7.18. The van der Waals surface area contributed by atoms with Crippen LogP contribution in [0.25, 0.3) is 10.4 Å². The Morgan fingerprint density at radius 1 is 1.16 bits per heavy atom. The highest BCUT2D eigenvalue weighted by Gasteiger charge is 2.40. The second-order valence-corrected chi connectivity index (χ2v) is 11.0. The summed E-state index contributed by atoms with van der Waals surface area (Å²) in [4.78, 5) is 22.9. The number of piperidine rings is 1. The van der Waals surface area contributed by atoms with Crippen molar-refractivity contribution in [3.63, 3.8) is 0 Å². The second kappa shape index (κ2) is 11.1. The van der Waals surface area contributed by atoms with Gasteiger partial charge in [-0.05, 0) is 80.7 Å². The SMILES string of the molecule is C=Nc1cc(-c2ccc(O)cc2)sc1C(=O)N(C)c1ccc(OCCN2CCC3(CC2)COC3)c(OC)c1. The molecular formula is C29H33N3O5S. The number of ether oxygens (including phenoxy) is 3. The van der Waals surface area contributed by atoms with Gasteiger partial charge < -0.3 is 24.2 Å². The number of hydrogen-bond acceptors (Lipinski definition) is 8. The summed E-state index contributed by atoms with van der Waals surface area (Å²) in [7, 11) is 3.32. The minimum atomic E-state index is -0.196. The molecule has 3 heterocycles. The maximum atomic E-state index is 13.5. The molecule has 0 saturated carbocycles. The molecule has 1 spiro atoms. The Hall–Kier alpha value is -3.40. The van der Waals surface area contributed by atoms with Gasteiger partial charge in [-0.2, -0.15) is 0 Å². The third kappa shape index (κ3) is 5.41. The average Bonchev–Trinajstić information content (AvgIpc) is 3.37. The van der Waals surface area contributed by atoms with E-state index in [2.05, 4.69) is 16.6 Å². The van der Waals surface area contributed by atoms with Gasteiger partial charge in [0, 0.05) is 35.6 Å². The Bertz CT molecular complexity index is 1290. The lowest BCUT2D eigenvalue weighted by atomic mass is 9.77. The van der Waals surface area contributed by atoms with Crippen molar-refractivity contribution in [3.8, 4) is 27.7 Å². The highest BCUT2D eigenvalue weighted by Crippen LogP contribution is 2.40. The zero-order chi connectivity index (χ0) is 26.7. The molecule has 1 amide bonds. The average molecular weight is 536 g/mol. The van der Waals surface area contributed by atoms with E-state index in [1.807, 2.05) is 24.3 Å². The number of phenolic OH excluding ortho intramolecular Hbond substituents is 1. The number of benzene rings is 2. The maximum Gasteiger partial charge on any atom is 0.270 e.